The van der Waals surface area contributed by atoms with Gasteiger partial charge in [-0.25, -0.2) is 4.79 Å². The first kappa shape index (κ1) is 19.8. The summed E-state index contributed by atoms with van der Waals surface area (Å²) >= 11 is 1.28. The maximum atomic E-state index is 12.2. The highest BCUT2D eigenvalue weighted by molar-refractivity contribution is 7.98. The third-order valence-corrected chi connectivity index (χ3v) is 4.97. The fourth-order valence-electron chi connectivity index (χ4n) is 2.93. The number of benzene rings is 2. The Morgan fingerprint density at radius 2 is 1.89 bits per heavy atom. The molecule has 146 valence electrons. The SMILES string of the molecule is CSC[C@H](NC(=O)COc1ccc2c(oc(=O)c3ccccc32)c1C)C(=O)[O-]. The number of hydrogen-bond donors (Lipinski definition) is 1. The first-order valence-corrected chi connectivity index (χ1v) is 9.89. The number of amides is 1. The minimum Gasteiger partial charge on any atom is -0.548 e. The van der Waals surface area contributed by atoms with Gasteiger partial charge in [-0.05, 0) is 36.8 Å². The highest BCUT2D eigenvalue weighted by Gasteiger charge is 2.16. The molecule has 0 spiro atoms. The molecule has 0 aliphatic carbocycles. The van der Waals surface area contributed by atoms with Crippen LogP contribution in [0.4, 0.5) is 0 Å². The van der Waals surface area contributed by atoms with Gasteiger partial charge in [-0.1, -0.05) is 18.2 Å². The molecule has 1 heterocycles. The van der Waals surface area contributed by atoms with Crippen LogP contribution in [-0.4, -0.2) is 36.5 Å². The number of nitrogens with one attached hydrogen (secondary N) is 1. The molecule has 1 N–H and O–H groups in total. The molecule has 0 aliphatic rings. The van der Waals surface area contributed by atoms with Gasteiger partial charge in [-0.2, -0.15) is 11.8 Å². The Morgan fingerprint density at radius 3 is 2.57 bits per heavy atom. The number of carboxylic acid groups (broad SMARTS) is 1. The summed E-state index contributed by atoms with van der Waals surface area (Å²) in [7, 11) is 0. The maximum absolute atomic E-state index is 12.2. The number of fused-ring (bicyclic) bond motifs is 3. The number of thioether (sulfide) groups is 1. The molecular weight excluding hydrogens is 382 g/mol. The molecule has 28 heavy (non-hydrogen) atoms. The van der Waals surface area contributed by atoms with Crippen molar-refractivity contribution in [1.29, 1.82) is 0 Å². The maximum Gasteiger partial charge on any atom is 0.344 e. The van der Waals surface area contributed by atoms with Crippen LogP contribution in [-0.2, 0) is 9.59 Å². The molecule has 0 saturated heterocycles. The van der Waals surface area contributed by atoms with Gasteiger partial charge in [0.15, 0.2) is 6.61 Å². The van der Waals surface area contributed by atoms with Gasteiger partial charge in [0.25, 0.3) is 5.91 Å². The van der Waals surface area contributed by atoms with Crippen molar-refractivity contribution in [2.24, 2.45) is 0 Å². The van der Waals surface area contributed by atoms with Gasteiger partial charge >= 0.3 is 5.63 Å². The summed E-state index contributed by atoms with van der Waals surface area (Å²) in [6.07, 6.45) is 1.73. The second kappa shape index (κ2) is 8.35. The smallest absolute Gasteiger partial charge is 0.344 e. The van der Waals surface area contributed by atoms with Crippen LogP contribution in [0.25, 0.3) is 21.7 Å². The third kappa shape index (κ3) is 3.96. The fourth-order valence-corrected chi connectivity index (χ4v) is 3.48. The molecule has 0 fully saturated rings. The second-order valence-corrected chi connectivity index (χ2v) is 7.09. The van der Waals surface area contributed by atoms with E-state index in [0.29, 0.717) is 22.3 Å². The molecule has 3 rings (SSSR count). The van der Waals surface area contributed by atoms with E-state index in [1.54, 1.807) is 37.4 Å². The summed E-state index contributed by atoms with van der Waals surface area (Å²) in [6.45, 7) is 1.35. The Hall–Kier alpha value is -3.00. The van der Waals surface area contributed by atoms with Crippen molar-refractivity contribution in [2.75, 3.05) is 18.6 Å². The lowest BCUT2D eigenvalue weighted by Crippen LogP contribution is -2.50. The summed E-state index contributed by atoms with van der Waals surface area (Å²) in [5, 5.41) is 15.4. The lowest BCUT2D eigenvalue weighted by molar-refractivity contribution is -0.307. The van der Waals surface area contributed by atoms with Crippen molar-refractivity contribution in [3.8, 4) is 5.75 Å². The number of ether oxygens (including phenoxy) is 1. The van der Waals surface area contributed by atoms with Crippen molar-refractivity contribution >= 4 is 45.4 Å². The Morgan fingerprint density at radius 1 is 1.18 bits per heavy atom. The summed E-state index contributed by atoms with van der Waals surface area (Å²) in [6, 6.07) is 9.51. The first-order valence-electron chi connectivity index (χ1n) is 8.49. The fraction of sp³-hybridized carbons (Fsp3) is 0.250. The van der Waals surface area contributed by atoms with Crippen LogP contribution in [0.15, 0.2) is 45.6 Å². The zero-order chi connectivity index (χ0) is 20.3. The molecule has 0 unspecified atom stereocenters. The first-order chi connectivity index (χ1) is 13.4. The standard InChI is InChI=1S/C20H19NO6S/c1-11-16(26-9-17(22)21-15(10-28-2)19(23)24)8-7-13-12-5-3-4-6-14(12)20(25)27-18(11)13/h3-8,15H,9-10H2,1-2H3,(H,21,22)(H,23,24)/p-1/t15-/m0/s1. The normalized spacial score (nSPS) is 12.1. The Kier molecular flexibility index (Phi) is 5.89. The van der Waals surface area contributed by atoms with E-state index in [4.69, 9.17) is 9.15 Å². The average Bonchev–Trinajstić information content (AvgIpc) is 2.68. The van der Waals surface area contributed by atoms with E-state index in [1.807, 2.05) is 12.1 Å². The summed E-state index contributed by atoms with van der Waals surface area (Å²) < 4.78 is 11.0. The van der Waals surface area contributed by atoms with Crippen molar-refractivity contribution in [3.63, 3.8) is 0 Å². The van der Waals surface area contributed by atoms with Gasteiger partial charge < -0.3 is 24.4 Å². The van der Waals surface area contributed by atoms with Crippen molar-refractivity contribution in [2.45, 2.75) is 13.0 Å². The summed E-state index contributed by atoms with van der Waals surface area (Å²) in [5.41, 5.74) is 0.514. The Labute approximate surface area is 164 Å². The molecule has 8 heteroatoms. The summed E-state index contributed by atoms with van der Waals surface area (Å²) in [5.74, 6) is -1.36. The van der Waals surface area contributed by atoms with Crippen molar-refractivity contribution in [1.82, 2.24) is 5.32 Å². The van der Waals surface area contributed by atoms with Crippen molar-refractivity contribution < 1.29 is 23.8 Å². The molecule has 7 nitrogen and oxygen atoms in total. The van der Waals surface area contributed by atoms with Crippen LogP contribution in [0.3, 0.4) is 0 Å². The molecule has 0 aliphatic heterocycles. The molecule has 1 aromatic heterocycles. The monoisotopic (exact) mass is 400 g/mol. The predicted molar refractivity (Wildman–Crippen MR) is 106 cm³/mol. The Balaban J connectivity index is 1.84. The minimum absolute atomic E-state index is 0.196. The number of hydrogen-bond acceptors (Lipinski definition) is 7. The summed E-state index contributed by atoms with van der Waals surface area (Å²) in [4.78, 5) is 35.3. The number of carbonyl (C=O) groups is 2. The lowest BCUT2D eigenvalue weighted by Gasteiger charge is -2.19. The van der Waals surface area contributed by atoms with Gasteiger partial charge in [0, 0.05) is 16.7 Å². The average molecular weight is 400 g/mol. The zero-order valence-electron chi connectivity index (χ0n) is 15.3. The number of carboxylic acids is 1. The van der Waals surface area contributed by atoms with Crippen molar-refractivity contribution in [3.05, 3.63) is 52.4 Å². The quantitative estimate of drug-likeness (QED) is 0.469. The van der Waals surface area contributed by atoms with E-state index in [0.717, 1.165) is 10.8 Å². The van der Waals surface area contributed by atoms with Gasteiger partial charge in [-0.3, -0.25) is 4.79 Å². The molecule has 1 amide bonds. The molecule has 0 saturated carbocycles. The number of aliphatic carboxylic acids is 1. The van der Waals surface area contributed by atoms with Crippen LogP contribution in [0.5, 0.6) is 5.75 Å². The minimum atomic E-state index is -1.35. The highest BCUT2D eigenvalue weighted by atomic mass is 32.2. The van der Waals surface area contributed by atoms with E-state index in [-0.39, 0.29) is 12.4 Å². The highest BCUT2D eigenvalue weighted by Crippen LogP contribution is 2.30. The van der Waals surface area contributed by atoms with E-state index in [9.17, 15) is 19.5 Å². The Bertz CT molecular complexity index is 1110. The van der Waals surface area contributed by atoms with E-state index in [2.05, 4.69) is 5.32 Å². The van der Waals surface area contributed by atoms with Gasteiger partial charge in [0.05, 0.1) is 17.4 Å². The second-order valence-electron chi connectivity index (χ2n) is 6.18. The topological polar surface area (TPSA) is 109 Å². The van der Waals surface area contributed by atoms with Crippen LogP contribution < -0.4 is 20.8 Å². The van der Waals surface area contributed by atoms with E-state index >= 15 is 0 Å². The molecule has 2 aromatic carbocycles. The van der Waals surface area contributed by atoms with Crippen LogP contribution in [0.1, 0.15) is 5.56 Å². The van der Waals surface area contributed by atoms with Gasteiger partial charge in [0.1, 0.15) is 11.3 Å². The number of carbonyl (C=O) groups excluding carboxylic acids is 2. The number of aryl methyl sites for hydroxylation is 1. The third-order valence-electron chi connectivity index (χ3n) is 4.30. The van der Waals surface area contributed by atoms with Gasteiger partial charge in [-0.15, -0.1) is 0 Å². The van der Waals surface area contributed by atoms with E-state index in [1.165, 1.54) is 11.8 Å². The molecule has 0 radical (unpaired) electrons. The van der Waals surface area contributed by atoms with Gasteiger partial charge in [0.2, 0.25) is 0 Å². The van der Waals surface area contributed by atoms with Crippen LogP contribution in [0.2, 0.25) is 0 Å². The lowest BCUT2D eigenvalue weighted by atomic mass is 10.0. The van der Waals surface area contributed by atoms with Crippen LogP contribution >= 0.6 is 11.8 Å². The molecule has 0 bridgehead atoms. The van der Waals surface area contributed by atoms with Crippen LogP contribution in [0, 0.1) is 6.92 Å². The molecule has 3 aromatic rings. The van der Waals surface area contributed by atoms with E-state index < -0.39 is 23.5 Å². The predicted octanol–water partition coefficient (Wildman–Crippen LogP) is 1.23. The molecule has 1 atom stereocenters. The number of rotatable bonds is 7. The molecular formula is C20H18NO6S-. The largest absolute Gasteiger partial charge is 0.548 e. The zero-order valence-corrected chi connectivity index (χ0v) is 16.1.